The highest BCUT2D eigenvalue weighted by Gasteiger charge is 1.90. The van der Waals surface area contributed by atoms with E-state index in [2.05, 4.69) is 25.2 Å². The van der Waals surface area contributed by atoms with Crippen LogP contribution in [0.2, 0.25) is 0 Å². The zero-order valence-corrected chi connectivity index (χ0v) is 5.35. The molecule has 0 spiro atoms. The van der Waals surface area contributed by atoms with Gasteiger partial charge in [-0.25, -0.2) is 0 Å². The van der Waals surface area contributed by atoms with Crippen LogP contribution in [0, 0.1) is 0 Å². The van der Waals surface area contributed by atoms with Crippen molar-refractivity contribution in [2.45, 2.75) is 26.2 Å². The lowest BCUT2D eigenvalue weighted by atomic mass is 10.1. The van der Waals surface area contributed by atoms with Crippen molar-refractivity contribution in [1.29, 1.82) is 0 Å². The Morgan fingerprint density at radius 1 is 1.62 bits per heavy atom. The molecule has 0 bridgehead atoms. The van der Waals surface area contributed by atoms with Crippen LogP contribution in [0.1, 0.15) is 27.6 Å². The van der Waals surface area contributed by atoms with E-state index in [0.29, 0.717) is 0 Å². The van der Waals surface area contributed by atoms with E-state index < -0.39 is 0 Å². The first kappa shape index (κ1) is 5.61. The first-order valence-corrected chi connectivity index (χ1v) is 3.29. The molecular weight excluding hydrogens is 96.1 g/mol. The summed E-state index contributed by atoms with van der Waals surface area (Å²) in [5.74, 6) is 0. The maximum absolute atomic E-state index is 2.32. The monoisotopic (exact) mass is 110 g/mol. The molecule has 0 aromatic rings. The molecule has 0 heteroatoms. The predicted octanol–water partition coefficient (Wildman–Crippen LogP) is 2.92. The molecule has 0 fully saturated rings. The molecule has 0 amide bonds. The molecule has 8 heavy (non-hydrogen) atoms. The lowest BCUT2D eigenvalue weighted by Crippen LogP contribution is -1.80. The Bertz CT molecular complexity index is 123. The average molecular weight is 110 g/mol. The highest BCUT2D eigenvalue weighted by Crippen LogP contribution is 2.11. The Kier molecular flexibility index (Phi) is 1.90. The highest BCUT2D eigenvalue weighted by molar-refractivity contribution is 5.21. The zero-order chi connectivity index (χ0) is 5.82. The Balaban J connectivity index is 0.000000640. The van der Waals surface area contributed by atoms with Crippen molar-refractivity contribution in [2.24, 2.45) is 0 Å². The van der Waals surface area contributed by atoms with Gasteiger partial charge in [-0.3, -0.25) is 0 Å². The normalized spacial score (nSPS) is 18.4. The van der Waals surface area contributed by atoms with Crippen molar-refractivity contribution in [3.8, 4) is 0 Å². The van der Waals surface area contributed by atoms with Crippen LogP contribution in [0.25, 0.3) is 0 Å². The predicted molar refractivity (Wildman–Crippen MR) is 38.9 cm³/mol. The fraction of sp³-hybridized carbons (Fsp3) is 0.500. The van der Waals surface area contributed by atoms with E-state index >= 15 is 0 Å². The van der Waals surface area contributed by atoms with Gasteiger partial charge < -0.3 is 0 Å². The number of hydrogen-bond donors (Lipinski definition) is 0. The van der Waals surface area contributed by atoms with E-state index in [4.69, 9.17) is 0 Å². The van der Waals surface area contributed by atoms with Crippen molar-refractivity contribution in [3.05, 3.63) is 23.8 Å². The summed E-state index contributed by atoms with van der Waals surface area (Å²) in [4.78, 5) is 0. The largest absolute Gasteiger partial charge is 0.0840 e. The first-order chi connectivity index (χ1) is 3.93. The molecule has 0 unspecified atom stereocenters. The number of allylic oxidation sites excluding steroid dienone is 4. The lowest BCUT2D eigenvalue weighted by Gasteiger charge is -2.01. The van der Waals surface area contributed by atoms with Crippen LogP contribution in [0.5, 0.6) is 0 Å². The van der Waals surface area contributed by atoms with E-state index in [1.54, 1.807) is 0 Å². The van der Waals surface area contributed by atoms with E-state index in [0.717, 1.165) is 0 Å². The first-order valence-electron chi connectivity index (χ1n) is 3.29. The molecule has 1 aliphatic carbocycles. The molecule has 0 N–H and O–H groups in total. The Hall–Kier alpha value is -0.520. The second-order valence-electron chi connectivity index (χ2n) is 2.11. The maximum atomic E-state index is 2.32. The van der Waals surface area contributed by atoms with Gasteiger partial charge in [0, 0.05) is 1.43 Å². The summed E-state index contributed by atoms with van der Waals surface area (Å²) in [6, 6.07) is 0. The second-order valence-corrected chi connectivity index (χ2v) is 2.11. The summed E-state index contributed by atoms with van der Waals surface area (Å²) in [6.45, 7) is 2.20. The summed E-state index contributed by atoms with van der Waals surface area (Å²) >= 11 is 0. The van der Waals surface area contributed by atoms with Gasteiger partial charge in [-0.1, -0.05) is 30.7 Å². The molecule has 0 atom stereocenters. The smallest absolute Gasteiger partial charge is 0 e. The van der Waals surface area contributed by atoms with Gasteiger partial charge in [0.25, 0.3) is 0 Å². The van der Waals surface area contributed by atoms with Gasteiger partial charge in [-0.2, -0.15) is 0 Å². The maximum Gasteiger partial charge on any atom is 0 e. The van der Waals surface area contributed by atoms with Gasteiger partial charge in [0.05, 0.1) is 0 Å². The fourth-order valence-electron chi connectivity index (χ4n) is 0.930. The zero-order valence-electron chi connectivity index (χ0n) is 5.35. The van der Waals surface area contributed by atoms with Crippen LogP contribution in [-0.2, 0) is 0 Å². The Labute approximate surface area is 52.4 Å². The SMILES string of the molecule is CCC1=CCCC=C1.[HH]. The number of rotatable bonds is 1. The number of hydrogen-bond acceptors (Lipinski definition) is 0. The molecule has 0 aromatic carbocycles. The van der Waals surface area contributed by atoms with Gasteiger partial charge in [0.15, 0.2) is 0 Å². The molecule has 0 saturated heterocycles. The van der Waals surface area contributed by atoms with Crippen molar-refractivity contribution in [2.75, 3.05) is 0 Å². The summed E-state index contributed by atoms with van der Waals surface area (Å²) in [5, 5.41) is 0. The van der Waals surface area contributed by atoms with E-state index in [-0.39, 0.29) is 1.43 Å². The van der Waals surface area contributed by atoms with Gasteiger partial charge in [0.1, 0.15) is 0 Å². The quantitative estimate of drug-likeness (QED) is 0.487. The Morgan fingerprint density at radius 2 is 2.50 bits per heavy atom. The second kappa shape index (κ2) is 2.71. The van der Waals surface area contributed by atoms with Gasteiger partial charge in [0.2, 0.25) is 0 Å². The molecule has 1 aliphatic rings. The molecule has 0 saturated carbocycles. The minimum absolute atomic E-state index is 0. The topological polar surface area (TPSA) is 0 Å². The van der Waals surface area contributed by atoms with Crippen LogP contribution in [-0.4, -0.2) is 0 Å². The molecule has 0 radical (unpaired) electrons. The molecule has 0 nitrogen and oxygen atoms in total. The third-order valence-corrected chi connectivity index (χ3v) is 1.48. The van der Waals surface area contributed by atoms with Crippen molar-refractivity contribution in [3.63, 3.8) is 0 Å². The molecule has 0 aromatic heterocycles. The molecule has 0 aliphatic heterocycles. The molecule has 0 heterocycles. The van der Waals surface area contributed by atoms with E-state index in [1.807, 2.05) is 0 Å². The molecule has 46 valence electrons. The summed E-state index contributed by atoms with van der Waals surface area (Å²) in [7, 11) is 0. The van der Waals surface area contributed by atoms with Crippen LogP contribution < -0.4 is 0 Å². The van der Waals surface area contributed by atoms with Crippen LogP contribution >= 0.6 is 0 Å². The standard InChI is InChI=1S/C8H12.H2/c1-2-8-6-4-3-5-7-8;/h4,6-7H,2-3,5H2,1H3;1H. The van der Waals surface area contributed by atoms with E-state index in [1.165, 1.54) is 24.8 Å². The average Bonchev–Trinajstić information content (AvgIpc) is 1.90. The van der Waals surface area contributed by atoms with Gasteiger partial charge >= 0.3 is 0 Å². The van der Waals surface area contributed by atoms with Crippen LogP contribution in [0.4, 0.5) is 0 Å². The van der Waals surface area contributed by atoms with E-state index in [9.17, 15) is 0 Å². The third-order valence-electron chi connectivity index (χ3n) is 1.48. The van der Waals surface area contributed by atoms with Crippen molar-refractivity contribution >= 4 is 0 Å². The highest BCUT2D eigenvalue weighted by atomic mass is 14.0. The summed E-state index contributed by atoms with van der Waals surface area (Å²) < 4.78 is 0. The van der Waals surface area contributed by atoms with Gasteiger partial charge in [-0.15, -0.1) is 0 Å². The van der Waals surface area contributed by atoms with Crippen molar-refractivity contribution < 1.29 is 1.43 Å². The fourth-order valence-corrected chi connectivity index (χ4v) is 0.930. The van der Waals surface area contributed by atoms with Gasteiger partial charge in [-0.05, 0) is 19.3 Å². The lowest BCUT2D eigenvalue weighted by molar-refractivity contribution is 0.984. The van der Waals surface area contributed by atoms with Crippen LogP contribution in [0.15, 0.2) is 23.8 Å². The summed E-state index contributed by atoms with van der Waals surface area (Å²) in [6.07, 6.45) is 10.5. The minimum atomic E-state index is 0. The van der Waals surface area contributed by atoms with Crippen LogP contribution in [0.3, 0.4) is 0 Å². The molecule has 1 rings (SSSR count). The molecular formula is C8H14. The minimum Gasteiger partial charge on any atom is -0.0840 e. The van der Waals surface area contributed by atoms with Crippen molar-refractivity contribution in [1.82, 2.24) is 0 Å². The Morgan fingerprint density at radius 3 is 2.88 bits per heavy atom. The summed E-state index contributed by atoms with van der Waals surface area (Å²) in [5.41, 5.74) is 1.50. The third kappa shape index (κ3) is 1.22.